The van der Waals surface area contributed by atoms with E-state index in [-0.39, 0.29) is 23.5 Å². The number of hydrogen-bond acceptors (Lipinski definition) is 4. The van der Waals surface area contributed by atoms with Crippen LogP contribution in [-0.2, 0) is 4.74 Å². The number of anilines is 1. The van der Waals surface area contributed by atoms with E-state index >= 15 is 0 Å². The number of aryl methyl sites for hydroxylation is 1. The first kappa shape index (κ1) is 14.6. The SMILES string of the molecule is [CH][C@H]1CN(c2ccc([N+](=O)[O-])c(C)c2)[C@@H](C(F)(F)F)O1. The number of alkyl halides is 3. The third-order valence-electron chi connectivity index (χ3n) is 2.95. The molecular weight excluding hydrogens is 277 g/mol. The molecule has 0 aliphatic carbocycles. The van der Waals surface area contributed by atoms with Crippen molar-refractivity contribution in [3.63, 3.8) is 0 Å². The van der Waals surface area contributed by atoms with Crippen molar-refractivity contribution in [3.05, 3.63) is 40.8 Å². The molecule has 0 N–H and O–H groups in total. The zero-order valence-electron chi connectivity index (χ0n) is 10.4. The van der Waals surface area contributed by atoms with Gasteiger partial charge in [-0.1, -0.05) is 0 Å². The summed E-state index contributed by atoms with van der Waals surface area (Å²) in [7, 11) is 0. The van der Waals surface area contributed by atoms with Crippen LogP contribution in [0.2, 0.25) is 0 Å². The number of rotatable bonds is 2. The number of nitro groups is 1. The standard InChI is InChI=1S/C12H11F3N2O3/c1-7-5-9(3-4-10(7)17(18)19)16-6-8(2)20-11(16)12(13,14)15/h2-5,8,11H,6H2,1H3/t8-,11+/m0/s1. The summed E-state index contributed by atoms with van der Waals surface area (Å²) in [6.07, 6.45) is -7.79. The summed E-state index contributed by atoms with van der Waals surface area (Å²) < 4.78 is 43.2. The van der Waals surface area contributed by atoms with Crippen LogP contribution >= 0.6 is 0 Å². The number of hydrogen-bond donors (Lipinski definition) is 0. The maximum absolute atomic E-state index is 12.8. The molecule has 1 saturated heterocycles. The average molecular weight is 288 g/mol. The minimum Gasteiger partial charge on any atom is -0.344 e. The molecule has 2 atom stereocenters. The molecule has 0 aromatic heterocycles. The first-order valence-corrected chi connectivity index (χ1v) is 5.69. The number of nitro benzene ring substituents is 1. The van der Waals surface area contributed by atoms with E-state index in [1.165, 1.54) is 25.1 Å². The Bertz CT molecular complexity index is 533. The Morgan fingerprint density at radius 2 is 2.15 bits per heavy atom. The van der Waals surface area contributed by atoms with Crippen molar-refractivity contribution in [1.82, 2.24) is 0 Å². The third kappa shape index (κ3) is 2.69. The maximum atomic E-state index is 12.8. The molecule has 0 bridgehead atoms. The van der Waals surface area contributed by atoms with E-state index in [2.05, 4.69) is 4.74 Å². The summed E-state index contributed by atoms with van der Waals surface area (Å²) in [5, 5.41) is 10.7. The molecule has 0 spiro atoms. The largest absolute Gasteiger partial charge is 0.433 e. The highest BCUT2D eigenvalue weighted by molar-refractivity contribution is 5.56. The molecule has 5 nitrogen and oxygen atoms in total. The Balaban J connectivity index is 2.35. The molecule has 1 aliphatic rings. The first-order chi connectivity index (χ1) is 9.20. The minimum atomic E-state index is -4.59. The summed E-state index contributed by atoms with van der Waals surface area (Å²) >= 11 is 0. The molecule has 1 heterocycles. The van der Waals surface area contributed by atoms with Gasteiger partial charge in [0.15, 0.2) is 0 Å². The molecule has 8 heteroatoms. The van der Waals surface area contributed by atoms with Gasteiger partial charge in [0.25, 0.3) is 5.69 Å². The van der Waals surface area contributed by atoms with Gasteiger partial charge in [-0.25, -0.2) is 0 Å². The van der Waals surface area contributed by atoms with Crippen molar-refractivity contribution in [1.29, 1.82) is 0 Å². The maximum Gasteiger partial charge on any atom is 0.433 e. The molecule has 2 rings (SSSR count). The number of nitrogens with zero attached hydrogens (tertiary/aromatic N) is 2. The molecular formula is C12H11F3N2O3. The van der Waals surface area contributed by atoms with Crippen molar-refractivity contribution in [2.75, 3.05) is 11.4 Å². The van der Waals surface area contributed by atoms with Crippen molar-refractivity contribution < 1.29 is 22.8 Å². The van der Waals surface area contributed by atoms with Crippen LogP contribution in [0.15, 0.2) is 18.2 Å². The molecule has 0 unspecified atom stereocenters. The molecule has 1 fully saturated rings. The number of ether oxygens (including phenoxy) is 1. The van der Waals surface area contributed by atoms with Gasteiger partial charge in [0.05, 0.1) is 11.0 Å². The smallest absolute Gasteiger partial charge is 0.344 e. The zero-order chi connectivity index (χ0) is 15.1. The number of halogens is 3. The van der Waals surface area contributed by atoms with Gasteiger partial charge in [0.1, 0.15) is 0 Å². The van der Waals surface area contributed by atoms with Crippen molar-refractivity contribution >= 4 is 11.4 Å². The van der Waals surface area contributed by atoms with Crippen LogP contribution in [0.3, 0.4) is 0 Å². The fourth-order valence-electron chi connectivity index (χ4n) is 2.09. The van der Waals surface area contributed by atoms with Gasteiger partial charge < -0.3 is 9.64 Å². The van der Waals surface area contributed by atoms with Gasteiger partial charge in [-0.05, 0) is 26.0 Å². The molecule has 108 valence electrons. The van der Waals surface area contributed by atoms with Crippen LogP contribution in [0.1, 0.15) is 5.56 Å². The average Bonchev–Trinajstić information content (AvgIpc) is 2.70. The van der Waals surface area contributed by atoms with E-state index < -0.39 is 23.4 Å². The van der Waals surface area contributed by atoms with Gasteiger partial charge in [0, 0.05) is 23.9 Å². The monoisotopic (exact) mass is 288 g/mol. The Labute approximate surface area is 113 Å². The molecule has 1 aliphatic heterocycles. The predicted octanol–water partition coefficient (Wildman–Crippen LogP) is 2.71. The quantitative estimate of drug-likeness (QED) is 0.620. The Morgan fingerprint density at radius 3 is 2.65 bits per heavy atom. The van der Waals surface area contributed by atoms with Crippen LogP contribution in [-0.4, -0.2) is 30.0 Å². The number of benzene rings is 1. The second-order valence-corrected chi connectivity index (χ2v) is 4.45. The predicted molar refractivity (Wildman–Crippen MR) is 64.2 cm³/mol. The summed E-state index contributed by atoms with van der Waals surface area (Å²) in [5.74, 6) is 0. The fraction of sp³-hybridized carbons (Fsp3) is 0.417. The fourth-order valence-corrected chi connectivity index (χ4v) is 2.09. The highest BCUT2D eigenvalue weighted by Gasteiger charge is 2.50. The van der Waals surface area contributed by atoms with Gasteiger partial charge in [0.2, 0.25) is 6.23 Å². The molecule has 1 aromatic rings. The van der Waals surface area contributed by atoms with Crippen molar-refractivity contribution in [3.8, 4) is 0 Å². The van der Waals surface area contributed by atoms with Gasteiger partial charge in [-0.15, -0.1) is 0 Å². The van der Waals surface area contributed by atoms with E-state index in [9.17, 15) is 23.3 Å². The van der Waals surface area contributed by atoms with Crippen LogP contribution in [0.25, 0.3) is 0 Å². The molecule has 0 saturated carbocycles. The van der Waals surface area contributed by atoms with Crippen LogP contribution in [0.4, 0.5) is 24.5 Å². The van der Waals surface area contributed by atoms with Gasteiger partial charge in [-0.2, -0.15) is 13.2 Å². The van der Waals surface area contributed by atoms with Gasteiger partial charge in [-0.3, -0.25) is 10.1 Å². The van der Waals surface area contributed by atoms with Crippen LogP contribution in [0.5, 0.6) is 0 Å². The highest BCUT2D eigenvalue weighted by atomic mass is 19.4. The third-order valence-corrected chi connectivity index (χ3v) is 2.95. The lowest BCUT2D eigenvalue weighted by atomic mass is 10.1. The van der Waals surface area contributed by atoms with Crippen LogP contribution < -0.4 is 4.90 Å². The summed E-state index contributed by atoms with van der Waals surface area (Å²) in [6, 6.07) is 3.74. The lowest BCUT2D eigenvalue weighted by Crippen LogP contribution is -2.42. The Hall–Kier alpha value is -1.83. The second-order valence-electron chi connectivity index (χ2n) is 4.45. The molecule has 2 radical (unpaired) electrons. The molecule has 0 amide bonds. The lowest BCUT2D eigenvalue weighted by Gasteiger charge is -2.26. The molecule has 20 heavy (non-hydrogen) atoms. The summed E-state index contributed by atoms with van der Waals surface area (Å²) in [5.41, 5.74) is 0.305. The summed E-state index contributed by atoms with van der Waals surface area (Å²) in [4.78, 5) is 11.1. The van der Waals surface area contributed by atoms with E-state index in [1.807, 2.05) is 0 Å². The normalized spacial score (nSPS) is 23.1. The highest BCUT2D eigenvalue weighted by Crippen LogP contribution is 2.36. The lowest BCUT2D eigenvalue weighted by molar-refractivity contribution is -0.385. The molecule has 1 aromatic carbocycles. The topological polar surface area (TPSA) is 55.6 Å². The van der Waals surface area contributed by atoms with Crippen LogP contribution in [0, 0.1) is 24.0 Å². The second kappa shape index (κ2) is 4.93. The minimum absolute atomic E-state index is 0.137. The van der Waals surface area contributed by atoms with Crippen molar-refractivity contribution in [2.45, 2.75) is 25.4 Å². The van der Waals surface area contributed by atoms with E-state index in [4.69, 9.17) is 6.92 Å². The Morgan fingerprint density at radius 1 is 1.50 bits per heavy atom. The summed E-state index contributed by atoms with van der Waals surface area (Å²) in [6.45, 7) is 6.72. The van der Waals surface area contributed by atoms with E-state index in [0.717, 1.165) is 4.90 Å². The Kier molecular flexibility index (Phi) is 3.59. The zero-order valence-corrected chi connectivity index (χ0v) is 10.4. The first-order valence-electron chi connectivity index (χ1n) is 5.69. The van der Waals surface area contributed by atoms with Crippen molar-refractivity contribution in [2.24, 2.45) is 0 Å². The van der Waals surface area contributed by atoms with E-state index in [1.54, 1.807) is 0 Å². The van der Waals surface area contributed by atoms with E-state index in [0.29, 0.717) is 0 Å². The van der Waals surface area contributed by atoms with Gasteiger partial charge >= 0.3 is 6.18 Å².